The molecule has 45 heavy (non-hydrogen) atoms. The van der Waals surface area contributed by atoms with Crippen LogP contribution in [0.4, 0.5) is 19.0 Å². The van der Waals surface area contributed by atoms with Crippen LogP contribution in [0.5, 0.6) is 6.01 Å². The summed E-state index contributed by atoms with van der Waals surface area (Å²) < 4.78 is 51.1. The van der Waals surface area contributed by atoms with Crippen molar-refractivity contribution in [3.05, 3.63) is 71.8 Å². The first-order valence-electron chi connectivity index (χ1n) is 15.3. The number of benzene rings is 3. The second-order valence-corrected chi connectivity index (χ2v) is 12.8. The molecule has 7 nitrogen and oxygen atoms in total. The molecular formula is C34H33ClF3N5O2. The van der Waals surface area contributed by atoms with Gasteiger partial charge in [-0.05, 0) is 49.4 Å². The number of anilines is 1. The molecule has 4 aromatic rings. The van der Waals surface area contributed by atoms with Gasteiger partial charge in [0.15, 0.2) is 11.6 Å². The van der Waals surface area contributed by atoms with E-state index in [0.717, 1.165) is 30.2 Å². The van der Waals surface area contributed by atoms with E-state index in [4.69, 9.17) is 21.3 Å². The molecule has 1 aromatic heterocycles. The van der Waals surface area contributed by atoms with E-state index in [1.807, 2.05) is 42.2 Å². The zero-order valence-electron chi connectivity index (χ0n) is 24.9. The van der Waals surface area contributed by atoms with Crippen LogP contribution in [-0.4, -0.2) is 82.8 Å². The van der Waals surface area contributed by atoms with Gasteiger partial charge in [0, 0.05) is 60.0 Å². The smallest absolute Gasteiger partial charge is 0.319 e. The third-order valence-corrected chi connectivity index (χ3v) is 9.87. The minimum absolute atomic E-state index is 0.00382. The van der Waals surface area contributed by atoms with Crippen molar-refractivity contribution in [3.63, 3.8) is 0 Å². The molecule has 4 heterocycles. The quantitative estimate of drug-likeness (QED) is 0.219. The van der Waals surface area contributed by atoms with Crippen molar-refractivity contribution < 1.29 is 22.7 Å². The number of ether oxygens (including phenoxy) is 1. The summed E-state index contributed by atoms with van der Waals surface area (Å²) in [5.41, 5.74) is 0.604. The number of nitrogens with zero attached hydrogens (tertiary/aromatic N) is 5. The normalized spacial score (nSPS) is 23.6. The summed E-state index contributed by atoms with van der Waals surface area (Å²) in [7, 11) is 0. The molecule has 0 bridgehead atoms. The van der Waals surface area contributed by atoms with Crippen molar-refractivity contribution in [3.8, 4) is 17.1 Å². The number of fused-ring (bicyclic) bond motifs is 3. The summed E-state index contributed by atoms with van der Waals surface area (Å²) in [6.07, 6.45) is 1.22. The van der Waals surface area contributed by atoms with Gasteiger partial charge in [0.05, 0.1) is 5.54 Å². The zero-order chi connectivity index (χ0) is 31.5. The van der Waals surface area contributed by atoms with E-state index in [9.17, 15) is 13.6 Å². The molecule has 11 heteroatoms. The van der Waals surface area contributed by atoms with Gasteiger partial charge >= 0.3 is 6.01 Å². The van der Waals surface area contributed by atoms with Gasteiger partial charge in [-0.2, -0.15) is 9.97 Å². The summed E-state index contributed by atoms with van der Waals surface area (Å²) in [4.78, 5) is 27.2. The van der Waals surface area contributed by atoms with E-state index in [1.54, 1.807) is 18.2 Å². The number of hydrogen-bond donors (Lipinski definition) is 0. The molecule has 0 radical (unpaired) electrons. The molecule has 3 aromatic carbocycles. The van der Waals surface area contributed by atoms with Gasteiger partial charge in [0.25, 0.3) is 5.91 Å². The molecule has 234 valence electrons. The van der Waals surface area contributed by atoms with Gasteiger partial charge in [0.2, 0.25) is 0 Å². The molecule has 3 aliphatic heterocycles. The average molecular weight is 636 g/mol. The molecular weight excluding hydrogens is 603 g/mol. The SMILES string of the molecule is C=C(F)C(=O)N1CCN(c2nc(OC[C@@]34CCCN3C[C@H](F)C4)nc3c(F)c(-c4cccc5cccc(Cl)c45)ccc23)[C@@H](C)C1. The van der Waals surface area contributed by atoms with Crippen LogP contribution >= 0.6 is 11.6 Å². The van der Waals surface area contributed by atoms with Crippen molar-refractivity contribution in [2.75, 3.05) is 44.2 Å². The highest BCUT2D eigenvalue weighted by molar-refractivity contribution is 6.36. The maximum atomic E-state index is 16.7. The fourth-order valence-corrected chi connectivity index (χ4v) is 7.70. The Hall–Kier alpha value is -3.89. The summed E-state index contributed by atoms with van der Waals surface area (Å²) in [6.45, 7) is 7.22. The van der Waals surface area contributed by atoms with Gasteiger partial charge in [-0.3, -0.25) is 9.69 Å². The van der Waals surface area contributed by atoms with Crippen molar-refractivity contribution in [2.24, 2.45) is 0 Å². The summed E-state index contributed by atoms with van der Waals surface area (Å²) in [5, 5.41) is 2.60. The summed E-state index contributed by atoms with van der Waals surface area (Å²) in [6, 6.07) is 14.4. The van der Waals surface area contributed by atoms with Gasteiger partial charge in [-0.1, -0.05) is 54.6 Å². The van der Waals surface area contributed by atoms with Crippen LogP contribution in [0.3, 0.4) is 0 Å². The highest BCUT2D eigenvalue weighted by atomic mass is 35.5. The van der Waals surface area contributed by atoms with E-state index in [2.05, 4.69) is 16.5 Å². The third kappa shape index (κ3) is 5.17. The predicted octanol–water partition coefficient (Wildman–Crippen LogP) is 6.72. The number of carbonyl (C=O) groups is 1. The number of alkyl halides is 1. The number of piperazine rings is 1. The molecule has 3 atom stereocenters. The predicted molar refractivity (Wildman–Crippen MR) is 170 cm³/mol. The minimum atomic E-state index is -1.01. The fourth-order valence-electron chi connectivity index (χ4n) is 7.41. The summed E-state index contributed by atoms with van der Waals surface area (Å²) >= 11 is 6.60. The minimum Gasteiger partial charge on any atom is -0.461 e. The second-order valence-electron chi connectivity index (χ2n) is 12.4. The number of rotatable bonds is 6. The lowest BCUT2D eigenvalue weighted by atomic mass is 9.95. The van der Waals surface area contributed by atoms with E-state index in [-0.39, 0.29) is 37.3 Å². The molecule has 0 N–H and O–H groups in total. The van der Waals surface area contributed by atoms with E-state index < -0.39 is 29.3 Å². The molecule has 3 saturated heterocycles. The number of halogens is 4. The number of amides is 1. The molecule has 0 aliphatic carbocycles. The standard InChI is InChI=1S/C34H33ClF3N5O2/c1-20-17-41(32(44)21(2)36)14-15-43(20)31-26-11-10-25(24-8-3-6-22-7-4-9-27(35)28(22)24)29(38)30(26)39-33(40-31)45-19-34-12-5-13-42(34)18-23(37)16-34/h3-4,6-11,20,23H,2,5,12-19H2,1H3/t20-,23+,34-/m0/s1. The first-order chi connectivity index (χ1) is 21.6. The molecule has 3 fully saturated rings. The Balaban J connectivity index is 1.32. The van der Waals surface area contributed by atoms with E-state index in [0.29, 0.717) is 46.9 Å². The first-order valence-corrected chi connectivity index (χ1v) is 15.6. The Labute approximate surface area is 264 Å². The maximum Gasteiger partial charge on any atom is 0.319 e. The molecule has 1 amide bonds. The first kappa shape index (κ1) is 29.8. The largest absolute Gasteiger partial charge is 0.461 e. The monoisotopic (exact) mass is 635 g/mol. The van der Waals surface area contributed by atoms with Crippen LogP contribution in [0, 0.1) is 5.82 Å². The van der Waals surface area contributed by atoms with Crippen molar-refractivity contribution in [2.45, 2.75) is 43.9 Å². The van der Waals surface area contributed by atoms with Crippen LogP contribution in [0.15, 0.2) is 60.9 Å². The molecule has 7 rings (SSSR count). The lowest BCUT2D eigenvalue weighted by Gasteiger charge is -2.40. The fraction of sp³-hybridized carbons (Fsp3) is 0.382. The van der Waals surface area contributed by atoms with Gasteiger partial charge < -0.3 is 14.5 Å². The van der Waals surface area contributed by atoms with Crippen LogP contribution in [0.1, 0.15) is 26.2 Å². The number of hydrogen-bond acceptors (Lipinski definition) is 6. The molecule has 3 aliphatic rings. The van der Waals surface area contributed by atoms with Gasteiger partial charge in [-0.25, -0.2) is 13.2 Å². The molecule has 0 spiro atoms. The van der Waals surface area contributed by atoms with Crippen molar-refractivity contribution in [1.82, 2.24) is 19.8 Å². The average Bonchev–Trinajstić information content (AvgIpc) is 3.55. The number of carbonyl (C=O) groups excluding carboxylic acids is 1. The Morgan fingerprint density at radius 1 is 1.09 bits per heavy atom. The van der Waals surface area contributed by atoms with Crippen molar-refractivity contribution >= 4 is 45.0 Å². The van der Waals surface area contributed by atoms with Gasteiger partial charge in [-0.15, -0.1) is 0 Å². The Bertz CT molecular complexity index is 1830. The second kappa shape index (κ2) is 11.5. The zero-order valence-corrected chi connectivity index (χ0v) is 25.7. The lowest BCUT2D eigenvalue weighted by Crippen LogP contribution is -2.54. The third-order valence-electron chi connectivity index (χ3n) is 9.56. The maximum absolute atomic E-state index is 16.7. The Kier molecular flexibility index (Phi) is 7.60. The Morgan fingerprint density at radius 2 is 1.89 bits per heavy atom. The van der Waals surface area contributed by atoms with Crippen LogP contribution in [0.25, 0.3) is 32.8 Å². The highest BCUT2D eigenvalue weighted by Gasteiger charge is 2.49. The van der Waals surface area contributed by atoms with Crippen LogP contribution < -0.4 is 9.64 Å². The molecule has 0 saturated carbocycles. The van der Waals surface area contributed by atoms with E-state index >= 15 is 4.39 Å². The van der Waals surface area contributed by atoms with E-state index in [1.165, 1.54) is 4.90 Å². The number of aromatic nitrogens is 2. The Morgan fingerprint density at radius 3 is 2.67 bits per heavy atom. The van der Waals surface area contributed by atoms with Crippen LogP contribution in [-0.2, 0) is 4.79 Å². The highest BCUT2D eigenvalue weighted by Crippen LogP contribution is 2.42. The lowest BCUT2D eigenvalue weighted by molar-refractivity contribution is -0.129. The van der Waals surface area contributed by atoms with Gasteiger partial charge in [0.1, 0.15) is 24.1 Å². The molecule has 0 unspecified atom stereocenters. The van der Waals surface area contributed by atoms with Crippen molar-refractivity contribution in [1.29, 1.82) is 0 Å². The summed E-state index contributed by atoms with van der Waals surface area (Å²) in [5.74, 6) is -1.85. The topological polar surface area (TPSA) is 61.8 Å². The van der Waals surface area contributed by atoms with Crippen LogP contribution in [0.2, 0.25) is 5.02 Å².